The summed E-state index contributed by atoms with van der Waals surface area (Å²) in [6, 6.07) is 13.5. The van der Waals surface area contributed by atoms with Gasteiger partial charge in [0.05, 0.1) is 17.0 Å². The molecule has 0 aromatic heterocycles. The highest BCUT2D eigenvalue weighted by molar-refractivity contribution is 6.32. The van der Waals surface area contributed by atoms with Gasteiger partial charge >= 0.3 is 6.61 Å². The summed E-state index contributed by atoms with van der Waals surface area (Å²) in [6.07, 6.45) is 0.114. The minimum absolute atomic E-state index is 0.0417. The van der Waals surface area contributed by atoms with E-state index in [-0.39, 0.29) is 35.0 Å². The van der Waals surface area contributed by atoms with E-state index in [4.69, 9.17) is 11.6 Å². The van der Waals surface area contributed by atoms with Gasteiger partial charge in [-0.15, -0.1) is 0 Å². The summed E-state index contributed by atoms with van der Waals surface area (Å²) in [6.45, 7) is -0.754. The fraction of sp³-hybridized carbons (Fsp3) is 0.300. The standard InChI is InChI=1S/C20H19ClF2N2O3/c1-12(13-5-3-2-4-6-13)25-11-14(9-18(25)26)19(27)24-15-7-8-17(16(21)10-15)28-20(22)23/h2-8,10,12,14,20H,9,11H2,1H3,(H,24,27). The van der Waals surface area contributed by atoms with Crippen molar-refractivity contribution in [2.24, 2.45) is 5.92 Å². The zero-order valence-corrected chi connectivity index (χ0v) is 15.8. The second-order valence-electron chi connectivity index (χ2n) is 6.55. The maximum absolute atomic E-state index is 12.6. The number of nitrogens with one attached hydrogen (secondary N) is 1. The third-order valence-corrected chi connectivity index (χ3v) is 4.99. The van der Waals surface area contributed by atoms with Crippen LogP contribution in [0.4, 0.5) is 14.5 Å². The summed E-state index contributed by atoms with van der Waals surface area (Å²) >= 11 is 5.90. The van der Waals surface area contributed by atoms with Crippen molar-refractivity contribution in [2.75, 3.05) is 11.9 Å². The number of rotatable bonds is 6. The molecule has 0 saturated carbocycles. The van der Waals surface area contributed by atoms with Gasteiger partial charge in [-0.3, -0.25) is 9.59 Å². The molecule has 5 nitrogen and oxygen atoms in total. The largest absolute Gasteiger partial charge is 0.433 e. The van der Waals surface area contributed by atoms with E-state index >= 15 is 0 Å². The zero-order chi connectivity index (χ0) is 20.3. The smallest absolute Gasteiger partial charge is 0.387 e. The van der Waals surface area contributed by atoms with Gasteiger partial charge in [0.25, 0.3) is 0 Å². The molecule has 28 heavy (non-hydrogen) atoms. The van der Waals surface area contributed by atoms with Crippen molar-refractivity contribution >= 4 is 29.1 Å². The van der Waals surface area contributed by atoms with Crippen LogP contribution in [0, 0.1) is 5.92 Å². The lowest BCUT2D eigenvalue weighted by Crippen LogP contribution is -2.30. The molecule has 1 heterocycles. The van der Waals surface area contributed by atoms with Crippen molar-refractivity contribution in [3.05, 3.63) is 59.1 Å². The highest BCUT2D eigenvalue weighted by atomic mass is 35.5. The van der Waals surface area contributed by atoms with Crippen LogP contribution in [0.2, 0.25) is 5.02 Å². The number of anilines is 1. The first-order chi connectivity index (χ1) is 13.3. The SMILES string of the molecule is CC(c1ccccc1)N1CC(C(=O)Nc2ccc(OC(F)F)c(Cl)c2)CC1=O. The number of hydrogen-bond acceptors (Lipinski definition) is 3. The molecular formula is C20H19ClF2N2O3. The van der Waals surface area contributed by atoms with E-state index in [1.165, 1.54) is 18.2 Å². The van der Waals surface area contributed by atoms with E-state index in [0.717, 1.165) is 5.56 Å². The number of likely N-dealkylation sites (tertiary alicyclic amines) is 1. The van der Waals surface area contributed by atoms with Crippen molar-refractivity contribution in [3.8, 4) is 5.75 Å². The van der Waals surface area contributed by atoms with Crippen LogP contribution in [0.25, 0.3) is 0 Å². The maximum atomic E-state index is 12.6. The normalized spacial score (nSPS) is 17.7. The molecule has 2 amide bonds. The molecule has 1 N–H and O–H groups in total. The molecular weight excluding hydrogens is 390 g/mol. The van der Waals surface area contributed by atoms with E-state index in [1.807, 2.05) is 37.3 Å². The molecule has 148 valence electrons. The van der Waals surface area contributed by atoms with Crippen molar-refractivity contribution < 1.29 is 23.1 Å². The lowest BCUT2D eigenvalue weighted by atomic mass is 10.1. The number of carbonyl (C=O) groups excluding carboxylic acids is 2. The average molecular weight is 409 g/mol. The van der Waals surface area contributed by atoms with Crippen molar-refractivity contribution in [1.82, 2.24) is 4.90 Å². The van der Waals surface area contributed by atoms with E-state index in [1.54, 1.807) is 4.90 Å². The van der Waals surface area contributed by atoms with E-state index in [0.29, 0.717) is 12.2 Å². The first-order valence-electron chi connectivity index (χ1n) is 8.74. The molecule has 0 aliphatic carbocycles. The van der Waals surface area contributed by atoms with E-state index in [9.17, 15) is 18.4 Å². The lowest BCUT2D eigenvalue weighted by Gasteiger charge is -2.25. The summed E-state index contributed by atoms with van der Waals surface area (Å²) in [5.74, 6) is -1.09. The molecule has 2 unspecified atom stereocenters. The van der Waals surface area contributed by atoms with Crippen LogP contribution in [0.5, 0.6) is 5.75 Å². The molecule has 1 aliphatic heterocycles. The number of halogens is 3. The number of carbonyl (C=O) groups is 2. The summed E-state index contributed by atoms with van der Waals surface area (Å²) in [5.41, 5.74) is 1.34. The Kier molecular flexibility index (Phi) is 6.14. The molecule has 1 aliphatic rings. The highest BCUT2D eigenvalue weighted by Gasteiger charge is 2.37. The highest BCUT2D eigenvalue weighted by Crippen LogP contribution is 2.31. The Morgan fingerprint density at radius 3 is 2.61 bits per heavy atom. The van der Waals surface area contributed by atoms with Crippen LogP contribution >= 0.6 is 11.6 Å². The van der Waals surface area contributed by atoms with Crippen molar-refractivity contribution in [3.63, 3.8) is 0 Å². The Morgan fingerprint density at radius 2 is 1.96 bits per heavy atom. The fourth-order valence-electron chi connectivity index (χ4n) is 3.21. The second kappa shape index (κ2) is 8.56. The third kappa shape index (κ3) is 4.59. The number of nitrogens with zero attached hydrogens (tertiary/aromatic N) is 1. The second-order valence-corrected chi connectivity index (χ2v) is 6.95. The van der Waals surface area contributed by atoms with Crippen LogP contribution in [0.1, 0.15) is 24.9 Å². The Hall–Kier alpha value is -2.67. The number of ether oxygens (including phenoxy) is 1. The summed E-state index contributed by atoms with van der Waals surface area (Å²) in [5, 5.41) is 2.64. The predicted octanol–water partition coefficient (Wildman–Crippen LogP) is 4.49. The van der Waals surface area contributed by atoms with Crippen LogP contribution in [-0.4, -0.2) is 29.9 Å². The molecule has 2 atom stereocenters. The van der Waals surface area contributed by atoms with Crippen LogP contribution in [0.3, 0.4) is 0 Å². The van der Waals surface area contributed by atoms with Crippen LogP contribution in [-0.2, 0) is 9.59 Å². The first-order valence-corrected chi connectivity index (χ1v) is 9.12. The van der Waals surface area contributed by atoms with Gasteiger partial charge in [0, 0.05) is 18.7 Å². The molecule has 0 radical (unpaired) electrons. The molecule has 1 fully saturated rings. The van der Waals surface area contributed by atoms with Gasteiger partial charge in [-0.25, -0.2) is 0 Å². The number of amides is 2. The molecule has 2 aromatic carbocycles. The molecule has 1 saturated heterocycles. The Balaban J connectivity index is 1.64. The van der Waals surface area contributed by atoms with Gasteiger partial charge in [0.1, 0.15) is 5.75 Å². The lowest BCUT2D eigenvalue weighted by molar-refractivity contribution is -0.129. The third-order valence-electron chi connectivity index (χ3n) is 4.69. The molecule has 0 bridgehead atoms. The quantitative estimate of drug-likeness (QED) is 0.766. The van der Waals surface area contributed by atoms with Crippen molar-refractivity contribution in [1.29, 1.82) is 0 Å². The van der Waals surface area contributed by atoms with Gasteiger partial charge in [-0.2, -0.15) is 8.78 Å². The summed E-state index contributed by atoms with van der Waals surface area (Å²) in [7, 11) is 0. The minimum Gasteiger partial charge on any atom is -0.433 e. The van der Waals surface area contributed by atoms with Crippen LogP contribution in [0.15, 0.2) is 48.5 Å². The predicted molar refractivity (Wildman–Crippen MR) is 101 cm³/mol. The Bertz CT molecular complexity index is 864. The van der Waals surface area contributed by atoms with Crippen LogP contribution < -0.4 is 10.1 Å². The number of benzene rings is 2. The van der Waals surface area contributed by atoms with Gasteiger partial charge < -0.3 is 15.0 Å². The summed E-state index contributed by atoms with van der Waals surface area (Å²) in [4.78, 5) is 26.6. The topological polar surface area (TPSA) is 58.6 Å². The summed E-state index contributed by atoms with van der Waals surface area (Å²) < 4.78 is 28.9. The van der Waals surface area contributed by atoms with Gasteiger partial charge in [0.2, 0.25) is 11.8 Å². The molecule has 8 heteroatoms. The minimum atomic E-state index is -2.99. The maximum Gasteiger partial charge on any atom is 0.387 e. The van der Waals surface area contributed by atoms with Gasteiger partial charge in [0.15, 0.2) is 0 Å². The monoisotopic (exact) mass is 408 g/mol. The van der Waals surface area contributed by atoms with Crippen molar-refractivity contribution in [2.45, 2.75) is 26.0 Å². The molecule has 0 spiro atoms. The first kappa shape index (κ1) is 20.1. The van der Waals surface area contributed by atoms with E-state index in [2.05, 4.69) is 10.1 Å². The van der Waals surface area contributed by atoms with Gasteiger partial charge in [-0.05, 0) is 30.7 Å². The zero-order valence-electron chi connectivity index (χ0n) is 15.1. The van der Waals surface area contributed by atoms with E-state index < -0.39 is 12.5 Å². The Labute approximate surface area is 166 Å². The fourth-order valence-corrected chi connectivity index (χ4v) is 3.43. The molecule has 3 rings (SSSR count). The molecule has 2 aromatic rings. The Morgan fingerprint density at radius 1 is 1.25 bits per heavy atom. The number of alkyl halides is 2. The average Bonchev–Trinajstić information content (AvgIpc) is 3.05. The van der Waals surface area contributed by atoms with Gasteiger partial charge in [-0.1, -0.05) is 41.9 Å². The number of hydrogen-bond donors (Lipinski definition) is 1.